The molecule has 0 radical (unpaired) electrons. The lowest BCUT2D eigenvalue weighted by molar-refractivity contribution is 0.306. The molecule has 0 bridgehead atoms. The van der Waals surface area contributed by atoms with Crippen LogP contribution in [0.15, 0.2) is 35.4 Å². The largest absolute Gasteiger partial charge is 0.350 e. The van der Waals surface area contributed by atoms with Crippen LogP contribution in [0, 0.1) is 11.8 Å². The van der Waals surface area contributed by atoms with Crippen LogP contribution in [0.4, 0.5) is 0 Å². The number of aromatic amines is 1. The molecule has 0 amide bonds. The monoisotopic (exact) mass is 274 g/mol. The van der Waals surface area contributed by atoms with Crippen LogP contribution in [-0.2, 0) is 0 Å². The molecule has 0 saturated heterocycles. The standard InChI is InChI=1S/C16H22N2S/c1-11-6-7-13(10-17)15(8-11)19-16-9-12-4-2-3-5-14(12)18-16/h2-5,9,11,13,15,18H,6-8,10,17H2,1H3. The first-order valence-electron chi connectivity index (χ1n) is 7.20. The van der Waals surface area contributed by atoms with Crippen molar-refractivity contribution in [1.29, 1.82) is 0 Å². The van der Waals surface area contributed by atoms with Gasteiger partial charge in [-0.25, -0.2) is 0 Å². The molecule has 3 heteroatoms. The Bertz CT molecular complexity index is 515. The number of fused-ring (bicyclic) bond motifs is 1. The lowest BCUT2D eigenvalue weighted by Gasteiger charge is -2.33. The predicted octanol–water partition coefficient (Wildman–Crippen LogP) is 4.02. The molecular weight excluding hydrogens is 252 g/mol. The van der Waals surface area contributed by atoms with Gasteiger partial charge < -0.3 is 10.7 Å². The van der Waals surface area contributed by atoms with Crippen molar-refractivity contribution < 1.29 is 0 Å². The second-order valence-electron chi connectivity index (χ2n) is 5.79. The smallest absolute Gasteiger partial charge is 0.0735 e. The highest BCUT2D eigenvalue weighted by Gasteiger charge is 2.28. The fourth-order valence-corrected chi connectivity index (χ4v) is 4.63. The summed E-state index contributed by atoms with van der Waals surface area (Å²) in [5.74, 6) is 1.51. The number of thioether (sulfide) groups is 1. The van der Waals surface area contributed by atoms with Crippen molar-refractivity contribution in [2.75, 3.05) is 6.54 Å². The summed E-state index contributed by atoms with van der Waals surface area (Å²) in [6.07, 6.45) is 3.92. The molecule has 3 unspecified atom stereocenters. The van der Waals surface area contributed by atoms with Gasteiger partial charge in [-0.3, -0.25) is 0 Å². The molecule has 0 spiro atoms. The van der Waals surface area contributed by atoms with Gasteiger partial charge in [-0.15, -0.1) is 11.8 Å². The molecular formula is C16H22N2S. The summed E-state index contributed by atoms with van der Waals surface area (Å²) in [7, 11) is 0. The fourth-order valence-electron chi connectivity index (χ4n) is 3.08. The summed E-state index contributed by atoms with van der Waals surface area (Å²) in [5, 5.41) is 3.26. The van der Waals surface area contributed by atoms with Gasteiger partial charge in [0.1, 0.15) is 0 Å². The quantitative estimate of drug-likeness (QED) is 0.887. The average Bonchev–Trinajstić information content (AvgIpc) is 2.81. The Morgan fingerprint density at radius 2 is 2.16 bits per heavy atom. The molecule has 1 aliphatic rings. The topological polar surface area (TPSA) is 41.8 Å². The van der Waals surface area contributed by atoms with E-state index in [-0.39, 0.29) is 0 Å². The highest BCUT2D eigenvalue weighted by atomic mass is 32.2. The van der Waals surface area contributed by atoms with Crippen LogP contribution in [0.1, 0.15) is 26.2 Å². The van der Waals surface area contributed by atoms with E-state index in [0.29, 0.717) is 11.2 Å². The van der Waals surface area contributed by atoms with Gasteiger partial charge in [-0.2, -0.15) is 0 Å². The average molecular weight is 274 g/mol. The third kappa shape index (κ3) is 2.82. The zero-order valence-electron chi connectivity index (χ0n) is 11.4. The number of para-hydroxylation sites is 1. The minimum Gasteiger partial charge on any atom is -0.350 e. The zero-order valence-corrected chi connectivity index (χ0v) is 12.2. The van der Waals surface area contributed by atoms with Gasteiger partial charge in [0.05, 0.1) is 5.03 Å². The molecule has 2 nitrogen and oxygen atoms in total. The molecule has 1 heterocycles. The minimum absolute atomic E-state index is 0.668. The summed E-state index contributed by atoms with van der Waals surface area (Å²) in [6, 6.07) is 10.8. The summed E-state index contributed by atoms with van der Waals surface area (Å²) >= 11 is 1.99. The highest BCUT2D eigenvalue weighted by molar-refractivity contribution is 7.99. The SMILES string of the molecule is CC1CCC(CN)C(Sc2cc3ccccc3[nH]2)C1. The van der Waals surface area contributed by atoms with E-state index in [1.807, 2.05) is 11.8 Å². The number of H-pyrrole nitrogens is 1. The molecule has 0 aliphatic heterocycles. The maximum absolute atomic E-state index is 5.94. The van der Waals surface area contributed by atoms with E-state index in [1.165, 1.54) is 35.2 Å². The number of nitrogens with two attached hydrogens (primary N) is 1. The van der Waals surface area contributed by atoms with Gasteiger partial charge in [0, 0.05) is 16.2 Å². The van der Waals surface area contributed by atoms with E-state index in [1.54, 1.807) is 0 Å². The molecule has 3 atom stereocenters. The van der Waals surface area contributed by atoms with E-state index in [0.717, 1.165) is 12.5 Å². The third-order valence-electron chi connectivity index (χ3n) is 4.28. The Kier molecular flexibility index (Phi) is 3.85. The summed E-state index contributed by atoms with van der Waals surface area (Å²) in [5.41, 5.74) is 7.18. The molecule has 1 aromatic heterocycles. The lowest BCUT2D eigenvalue weighted by atomic mass is 9.82. The van der Waals surface area contributed by atoms with Crippen molar-refractivity contribution in [1.82, 2.24) is 4.98 Å². The molecule has 102 valence electrons. The summed E-state index contributed by atoms with van der Waals surface area (Å²) < 4.78 is 0. The number of hydrogen-bond donors (Lipinski definition) is 2. The van der Waals surface area contributed by atoms with E-state index in [2.05, 4.69) is 42.2 Å². The number of rotatable bonds is 3. The summed E-state index contributed by atoms with van der Waals surface area (Å²) in [4.78, 5) is 3.52. The van der Waals surface area contributed by atoms with Gasteiger partial charge in [0.15, 0.2) is 0 Å². The maximum Gasteiger partial charge on any atom is 0.0735 e. The van der Waals surface area contributed by atoms with Crippen LogP contribution in [0.25, 0.3) is 10.9 Å². The molecule has 1 aromatic carbocycles. The number of nitrogens with one attached hydrogen (secondary N) is 1. The van der Waals surface area contributed by atoms with Crippen LogP contribution >= 0.6 is 11.8 Å². The maximum atomic E-state index is 5.94. The second-order valence-corrected chi connectivity index (χ2v) is 7.07. The van der Waals surface area contributed by atoms with Gasteiger partial charge in [-0.1, -0.05) is 31.5 Å². The molecule has 3 rings (SSSR count). The van der Waals surface area contributed by atoms with Gasteiger partial charge >= 0.3 is 0 Å². The number of hydrogen-bond acceptors (Lipinski definition) is 2. The third-order valence-corrected chi connectivity index (χ3v) is 5.63. The van der Waals surface area contributed by atoms with Crippen LogP contribution in [0.3, 0.4) is 0 Å². The van der Waals surface area contributed by atoms with Crippen molar-refractivity contribution in [3.8, 4) is 0 Å². The van der Waals surface area contributed by atoms with Crippen molar-refractivity contribution >= 4 is 22.7 Å². The Hall–Kier alpha value is -0.930. The van der Waals surface area contributed by atoms with Crippen molar-refractivity contribution in [3.05, 3.63) is 30.3 Å². The van der Waals surface area contributed by atoms with E-state index < -0.39 is 0 Å². The number of benzene rings is 1. The van der Waals surface area contributed by atoms with E-state index in [9.17, 15) is 0 Å². The van der Waals surface area contributed by atoms with Gasteiger partial charge in [-0.05, 0) is 43.4 Å². The van der Waals surface area contributed by atoms with Crippen LogP contribution in [0.2, 0.25) is 0 Å². The normalized spacial score (nSPS) is 27.8. The highest BCUT2D eigenvalue weighted by Crippen LogP contribution is 2.39. The summed E-state index contributed by atoms with van der Waals surface area (Å²) in [6.45, 7) is 3.19. The van der Waals surface area contributed by atoms with Crippen molar-refractivity contribution in [2.45, 2.75) is 36.5 Å². The molecule has 19 heavy (non-hydrogen) atoms. The van der Waals surface area contributed by atoms with Crippen molar-refractivity contribution in [3.63, 3.8) is 0 Å². The van der Waals surface area contributed by atoms with Crippen LogP contribution < -0.4 is 5.73 Å². The van der Waals surface area contributed by atoms with Crippen molar-refractivity contribution in [2.24, 2.45) is 17.6 Å². The minimum atomic E-state index is 0.668. The first kappa shape index (κ1) is 13.1. The van der Waals surface area contributed by atoms with E-state index >= 15 is 0 Å². The first-order valence-corrected chi connectivity index (χ1v) is 8.08. The Morgan fingerprint density at radius 1 is 1.32 bits per heavy atom. The van der Waals surface area contributed by atoms with E-state index in [4.69, 9.17) is 5.73 Å². The number of aromatic nitrogens is 1. The molecule has 1 fully saturated rings. The Morgan fingerprint density at radius 3 is 2.95 bits per heavy atom. The lowest BCUT2D eigenvalue weighted by Crippen LogP contribution is -2.31. The molecule has 2 aromatic rings. The molecule has 1 saturated carbocycles. The van der Waals surface area contributed by atoms with Crippen LogP contribution in [-0.4, -0.2) is 16.8 Å². The van der Waals surface area contributed by atoms with Crippen LogP contribution in [0.5, 0.6) is 0 Å². The molecule has 3 N–H and O–H groups in total. The molecule has 1 aliphatic carbocycles. The van der Waals surface area contributed by atoms with Gasteiger partial charge in [0.2, 0.25) is 0 Å². The predicted molar refractivity (Wildman–Crippen MR) is 83.5 cm³/mol. The zero-order chi connectivity index (χ0) is 13.2. The fraction of sp³-hybridized carbons (Fsp3) is 0.500. The Balaban J connectivity index is 1.78. The van der Waals surface area contributed by atoms with Gasteiger partial charge in [0.25, 0.3) is 0 Å². The Labute approximate surface area is 119 Å². The second kappa shape index (κ2) is 5.59. The first-order chi connectivity index (χ1) is 9.26.